The van der Waals surface area contributed by atoms with Crippen LogP contribution in [0.4, 0.5) is 5.69 Å². The van der Waals surface area contributed by atoms with Crippen molar-refractivity contribution in [3.05, 3.63) is 72.8 Å². The Kier molecular flexibility index (Phi) is 4.10. The lowest BCUT2D eigenvalue weighted by molar-refractivity contribution is 0.0993. The number of methoxy groups -OCH3 is 1. The van der Waals surface area contributed by atoms with Crippen LogP contribution in [-0.2, 0) is 0 Å². The first-order valence-corrected chi connectivity index (χ1v) is 7.20. The molecule has 1 heterocycles. The molecule has 0 spiro atoms. The summed E-state index contributed by atoms with van der Waals surface area (Å²) in [5, 5.41) is 0. The zero-order valence-electron chi connectivity index (χ0n) is 13.0. The molecule has 0 unspecified atom stereocenters. The molecule has 1 aromatic heterocycles. The molecule has 3 rings (SSSR count). The molecule has 23 heavy (non-hydrogen) atoms. The van der Waals surface area contributed by atoms with Crippen molar-refractivity contribution < 1.29 is 9.53 Å². The van der Waals surface area contributed by atoms with Gasteiger partial charge in [-0.1, -0.05) is 18.2 Å². The van der Waals surface area contributed by atoms with E-state index in [2.05, 4.69) is 4.98 Å². The van der Waals surface area contributed by atoms with Crippen LogP contribution >= 0.6 is 0 Å². The molecule has 1 amide bonds. The van der Waals surface area contributed by atoms with E-state index >= 15 is 0 Å². The number of anilines is 1. The number of aromatic nitrogens is 2. The first kappa shape index (κ1) is 14.8. The highest BCUT2D eigenvalue weighted by molar-refractivity contribution is 6.05. The summed E-state index contributed by atoms with van der Waals surface area (Å²) in [6.07, 6.45) is 5.23. The number of nitrogens with zero attached hydrogens (tertiary/aromatic N) is 3. The van der Waals surface area contributed by atoms with Crippen LogP contribution < -0.4 is 9.64 Å². The number of benzene rings is 2. The van der Waals surface area contributed by atoms with E-state index in [0.29, 0.717) is 11.3 Å². The van der Waals surface area contributed by atoms with E-state index in [-0.39, 0.29) is 5.91 Å². The molecule has 5 heteroatoms. The molecule has 5 nitrogen and oxygen atoms in total. The maximum Gasteiger partial charge on any atom is 0.258 e. The quantitative estimate of drug-likeness (QED) is 0.744. The molecule has 0 bridgehead atoms. The second kappa shape index (κ2) is 6.36. The minimum atomic E-state index is -0.0626. The third-order valence-electron chi connectivity index (χ3n) is 3.66. The number of hydrogen-bond acceptors (Lipinski definition) is 3. The predicted molar refractivity (Wildman–Crippen MR) is 89.3 cm³/mol. The summed E-state index contributed by atoms with van der Waals surface area (Å²) < 4.78 is 7.25. The van der Waals surface area contributed by atoms with Crippen LogP contribution in [0.2, 0.25) is 0 Å². The van der Waals surface area contributed by atoms with Gasteiger partial charge in [-0.2, -0.15) is 0 Å². The van der Waals surface area contributed by atoms with Crippen molar-refractivity contribution in [2.24, 2.45) is 0 Å². The van der Waals surface area contributed by atoms with Gasteiger partial charge in [0.25, 0.3) is 5.91 Å². The first-order valence-electron chi connectivity index (χ1n) is 7.20. The summed E-state index contributed by atoms with van der Waals surface area (Å²) in [7, 11) is 3.38. The molecule has 116 valence electrons. The van der Waals surface area contributed by atoms with E-state index in [4.69, 9.17) is 4.74 Å². The van der Waals surface area contributed by atoms with Crippen LogP contribution in [0.5, 0.6) is 5.75 Å². The van der Waals surface area contributed by atoms with Gasteiger partial charge < -0.3 is 14.2 Å². The third kappa shape index (κ3) is 2.94. The van der Waals surface area contributed by atoms with Gasteiger partial charge in [-0.3, -0.25) is 4.79 Å². The summed E-state index contributed by atoms with van der Waals surface area (Å²) in [5.74, 6) is 0.652. The monoisotopic (exact) mass is 307 g/mol. The zero-order valence-corrected chi connectivity index (χ0v) is 13.0. The van der Waals surface area contributed by atoms with Crippen molar-refractivity contribution in [1.82, 2.24) is 9.55 Å². The van der Waals surface area contributed by atoms with Crippen LogP contribution in [0.15, 0.2) is 67.3 Å². The summed E-state index contributed by atoms with van der Waals surface area (Å²) >= 11 is 0. The van der Waals surface area contributed by atoms with E-state index in [1.807, 2.05) is 47.2 Å². The minimum absolute atomic E-state index is 0.0626. The minimum Gasteiger partial charge on any atom is -0.495 e. The van der Waals surface area contributed by atoms with Gasteiger partial charge in [-0.25, -0.2) is 4.98 Å². The summed E-state index contributed by atoms with van der Waals surface area (Å²) in [6.45, 7) is 0. The Labute approximate surface area is 134 Å². The molecular formula is C18H17N3O2. The number of ether oxygens (including phenoxy) is 1. The Morgan fingerprint density at radius 2 is 1.96 bits per heavy atom. The average molecular weight is 307 g/mol. The standard InChI is InChI=1S/C18H17N3O2/c1-20(18(22)14-6-4-3-5-7-14)15-8-9-17(23-2)16(12-15)21-11-10-19-13-21/h3-13H,1-2H3. The zero-order chi connectivity index (χ0) is 16.2. The topological polar surface area (TPSA) is 47.4 Å². The van der Waals surface area contributed by atoms with Crippen molar-refractivity contribution in [2.45, 2.75) is 0 Å². The van der Waals surface area contributed by atoms with E-state index < -0.39 is 0 Å². The van der Waals surface area contributed by atoms with E-state index in [0.717, 1.165) is 11.4 Å². The lowest BCUT2D eigenvalue weighted by Crippen LogP contribution is -2.26. The molecule has 0 aliphatic rings. The molecule has 0 atom stereocenters. The van der Waals surface area contributed by atoms with Crippen molar-refractivity contribution in [3.63, 3.8) is 0 Å². The lowest BCUT2D eigenvalue weighted by Gasteiger charge is -2.19. The number of rotatable bonds is 4. The SMILES string of the molecule is COc1ccc(N(C)C(=O)c2ccccc2)cc1-n1ccnc1. The predicted octanol–water partition coefficient (Wildman–Crippen LogP) is 3.16. The van der Waals surface area contributed by atoms with Crippen LogP contribution in [-0.4, -0.2) is 29.6 Å². The van der Waals surface area contributed by atoms with E-state index in [1.165, 1.54) is 0 Å². The second-order valence-electron chi connectivity index (χ2n) is 5.06. The van der Waals surface area contributed by atoms with Gasteiger partial charge in [-0.05, 0) is 30.3 Å². The van der Waals surface area contributed by atoms with Crippen molar-refractivity contribution in [2.75, 3.05) is 19.1 Å². The molecule has 0 fully saturated rings. The molecular weight excluding hydrogens is 290 g/mol. The van der Waals surface area contributed by atoms with Gasteiger partial charge in [0.05, 0.1) is 19.1 Å². The van der Waals surface area contributed by atoms with Gasteiger partial charge in [0.15, 0.2) is 0 Å². The van der Waals surface area contributed by atoms with Gasteiger partial charge in [0.1, 0.15) is 5.75 Å². The first-order chi connectivity index (χ1) is 11.2. The highest BCUT2D eigenvalue weighted by Gasteiger charge is 2.15. The van der Waals surface area contributed by atoms with Gasteiger partial charge >= 0.3 is 0 Å². The largest absolute Gasteiger partial charge is 0.495 e. The maximum atomic E-state index is 12.6. The highest BCUT2D eigenvalue weighted by atomic mass is 16.5. The molecule has 0 aliphatic heterocycles. The molecule has 0 aliphatic carbocycles. The fourth-order valence-corrected chi connectivity index (χ4v) is 2.38. The van der Waals surface area contributed by atoms with Gasteiger partial charge in [0, 0.05) is 30.7 Å². The van der Waals surface area contributed by atoms with E-state index in [1.54, 1.807) is 43.7 Å². The molecule has 0 saturated carbocycles. The number of carbonyl (C=O) groups excluding carboxylic acids is 1. The summed E-state index contributed by atoms with van der Waals surface area (Å²) in [6, 6.07) is 14.8. The molecule has 3 aromatic rings. The Hall–Kier alpha value is -3.08. The van der Waals surface area contributed by atoms with Crippen molar-refractivity contribution in [3.8, 4) is 11.4 Å². The Bertz CT molecular complexity index is 798. The second-order valence-corrected chi connectivity index (χ2v) is 5.06. The van der Waals surface area contributed by atoms with Gasteiger partial charge in [0.2, 0.25) is 0 Å². The normalized spacial score (nSPS) is 10.3. The third-order valence-corrected chi connectivity index (χ3v) is 3.66. The van der Waals surface area contributed by atoms with Gasteiger partial charge in [-0.15, -0.1) is 0 Å². The van der Waals surface area contributed by atoms with Crippen molar-refractivity contribution in [1.29, 1.82) is 0 Å². The number of amides is 1. The Morgan fingerprint density at radius 1 is 1.17 bits per heavy atom. The maximum absolute atomic E-state index is 12.6. The molecule has 0 N–H and O–H groups in total. The number of carbonyl (C=O) groups is 1. The smallest absolute Gasteiger partial charge is 0.258 e. The highest BCUT2D eigenvalue weighted by Crippen LogP contribution is 2.28. The Balaban J connectivity index is 1.97. The van der Waals surface area contributed by atoms with Crippen LogP contribution in [0.1, 0.15) is 10.4 Å². The van der Waals surface area contributed by atoms with Crippen LogP contribution in [0, 0.1) is 0 Å². The number of imidazole rings is 1. The summed E-state index contributed by atoms with van der Waals surface area (Å²) in [5.41, 5.74) is 2.26. The molecule has 0 radical (unpaired) electrons. The van der Waals surface area contributed by atoms with Crippen molar-refractivity contribution >= 4 is 11.6 Å². The summed E-state index contributed by atoms with van der Waals surface area (Å²) in [4.78, 5) is 18.3. The molecule has 2 aromatic carbocycles. The van der Waals surface area contributed by atoms with Crippen LogP contribution in [0.25, 0.3) is 5.69 Å². The van der Waals surface area contributed by atoms with Crippen LogP contribution in [0.3, 0.4) is 0 Å². The number of hydrogen-bond donors (Lipinski definition) is 0. The Morgan fingerprint density at radius 3 is 2.61 bits per heavy atom. The fourth-order valence-electron chi connectivity index (χ4n) is 2.38. The fraction of sp³-hybridized carbons (Fsp3) is 0.111. The lowest BCUT2D eigenvalue weighted by atomic mass is 10.2. The average Bonchev–Trinajstić information content (AvgIpc) is 3.15. The van der Waals surface area contributed by atoms with E-state index in [9.17, 15) is 4.79 Å². The molecule has 0 saturated heterocycles.